The van der Waals surface area contributed by atoms with Gasteiger partial charge in [-0.05, 0) is 32.9 Å². The molecule has 1 aromatic heterocycles. The van der Waals surface area contributed by atoms with Crippen molar-refractivity contribution in [3.63, 3.8) is 0 Å². The van der Waals surface area contributed by atoms with Crippen molar-refractivity contribution in [2.24, 2.45) is 5.41 Å². The van der Waals surface area contributed by atoms with Gasteiger partial charge in [-0.15, -0.1) is 0 Å². The minimum Gasteiger partial charge on any atom is -0.378 e. The van der Waals surface area contributed by atoms with Gasteiger partial charge in [-0.3, -0.25) is 9.78 Å². The van der Waals surface area contributed by atoms with Crippen LogP contribution in [0.1, 0.15) is 29.8 Å². The van der Waals surface area contributed by atoms with Crippen LogP contribution < -0.4 is 4.90 Å². The van der Waals surface area contributed by atoms with Crippen molar-refractivity contribution in [2.45, 2.75) is 19.3 Å². The van der Waals surface area contributed by atoms with Crippen LogP contribution in [0.2, 0.25) is 0 Å². The Hall–Kier alpha value is -1.73. The van der Waals surface area contributed by atoms with Crippen LogP contribution in [0.3, 0.4) is 0 Å². The lowest BCUT2D eigenvalue weighted by atomic mass is 9.79. The number of ether oxygens (including phenoxy) is 1. The summed E-state index contributed by atoms with van der Waals surface area (Å²) in [5.41, 5.74) is 0.821. The third-order valence-corrected chi connectivity index (χ3v) is 5.75. The van der Waals surface area contributed by atoms with E-state index in [0.717, 1.165) is 25.5 Å². The zero-order chi connectivity index (χ0) is 17.3. The molecule has 3 fully saturated rings. The quantitative estimate of drug-likeness (QED) is 0.793. The molecule has 1 amide bonds. The van der Waals surface area contributed by atoms with Gasteiger partial charge >= 0.3 is 0 Å². The summed E-state index contributed by atoms with van der Waals surface area (Å²) in [7, 11) is 2.20. The van der Waals surface area contributed by atoms with Gasteiger partial charge in [0.15, 0.2) is 0 Å². The minimum absolute atomic E-state index is 0.0371. The first-order valence-electron chi connectivity index (χ1n) is 9.28. The summed E-state index contributed by atoms with van der Waals surface area (Å²) >= 11 is 0. The van der Waals surface area contributed by atoms with Crippen molar-refractivity contribution < 1.29 is 9.53 Å². The Bertz CT molecular complexity index is 630. The predicted molar refractivity (Wildman–Crippen MR) is 94.7 cm³/mol. The van der Waals surface area contributed by atoms with E-state index < -0.39 is 0 Å². The number of anilines is 1. The maximum absolute atomic E-state index is 12.7. The van der Waals surface area contributed by atoms with Crippen molar-refractivity contribution in [2.75, 3.05) is 64.4 Å². The summed E-state index contributed by atoms with van der Waals surface area (Å²) in [4.78, 5) is 28.2. The molecule has 136 valence electrons. The molecule has 3 aliphatic rings. The highest BCUT2D eigenvalue weighted by molar-refractivity contribution is 5.92. The number of nitrogens with zero attached hydrogens (tertiary/aromatic N) is 5. The maximum atomic E-state index is 12.7. The Kier molecular flexibility index (Phi) is 4.60. The van der Waals surface area contributed by atoms with Crippen LogP contribution in [0.25, 0.3) is 0 Å². The van der Waals surface area contributed by atoms with Gasteiger partial charge in [-0.2, -0.15) is 0 Å². The van der Waals surface area contributed by atoms with E-state index in [9.17, 15) is 4.79 Å². The Morgan fingerprint density at radius 1 is 1.12 bits per heavy atom. The van der Waals surface area contributed by atoms with Gasteiger partial charge in [-0.25, -0.2) is 4.98 Å². The molecule has 4 rings (SSSR count). The Balaban J connectivity index is 1.50. The number of aromatic nitrogens is 2. The van der Waals surface area contributed by atoms with Crippen LogP contribution in [0, 0.1) is 5.41 Å². The van der Waals surface area contributed by atoms with Gasteiger partial charge in [0, 0.05) is 38.1 Å². The molecule has 0 N–H and O–H groups in total. The summed E-state index contributed by atoms with van der Waals surface area (Å²) < 4.78 is 5.32. The molecular weight excluding hydrogens is 318 g/mol. The lowest BCUT2D eigenvalue weighted by Crippen LogP contribution is -2.45. The third-order valence-electron chi connectivity index (χ3n) is 5.75. The van der Waals surface area contributed by atoms with E-state index in [-0.39, 0.29) is 5.91 Å². The SMILES string of the molecule is CN1CCC2(CCCN(c3cncc(C(=O)N4CCOCC4)n3)C2)C1. The largest absolute Gasteiger partial charge is 0.378 e. The zero-order valence-corrected chi connectivity index (χ0v) is 15.0. The summed E-state index contributed by atoms with van der Waals surface area (Å²) in [6.07, 6.45) is 7.10. The van der Waals surface area contributed by atoms with E-state index in [2.05, 4.69) is 26.8 Å². The summed E-state index contributed by atoms with van der Waals surface area (Å²) in [5.74, 6) is 0.803. The number of amides is 1. The van der Waals surface area contributed by atoms with Crippen molar-refractivity contribution in [3.8, 4) is 0 Å². The first-order chi connectivity index (χ1) is 12.2. The highest BCUT2D eigenvalue weighted by Crippen LogP contribution is 2.39. The van der Waals surface area contributed by atoms with Crippen LogP contribution in [0.15, 0.2) is 12.4 Å². The molecule has 7 nitrogen and oxygen atoms in total. The van der Waals surface area contributed by atoms with E-state index >= 15 is 0 Å². The number of carbonyl (C=O) groups is 1. The first kappa shape index (κ1) is 16.7. The Morgan fingerprint density at radius 3 is 2.72 bits per heavy atom. The number of carbonyl (C=O) groups excluding carboxylic acids is 1. The normalized spacial score (nSPS) is 27.9. The van der Waals surface area contributed by atoms with Gasteiger partial charge in [0.2, 0.25) is 0 Å². The number of likely N-dealkylation sites (tertiary alicyclic amines) is 1. The standard InChI is InChI=1S/C18H27N5O2/c1-21-6-4-18(13-21)3-2-5-23(14-18)16-12-19-11-15(20-16)17(24)22-7-9-25-10-8-22/h11-12H,2-10,13-14H2,1H3. The molecule has 0 aromatic carbocycles. The fourth-order valence-corrected chi connectivity index (χ4v) is 4.43. The first-order valence-corrected chi connectivity index (χ1v) is 9.28. The van der Waals surface area contributed by atoms with E-state index in [1.807, 2.05) is 0 Å². The van der Waals surface area contributed by atoms with E-state index in [1.54, 1.807) is 17.3 Å². The second-order valence-corrected chi connectivity index (χ2v) is 7.68. The molecule has 1 aromatic rings. The molecule has 4 heterocycles. The fraction of sp³-hybridized carbons (Fsp3) is 0.722. The molecule has 0 radical (unpaired) electrons. The summed E-state index contributed by atoms with van der Waals surface area (Å²) in [6, 6.07) is 0. The van der Waals surface area contributed by atoms with E-state index in [0.29, 0.717) is 37.4 Å². The molecule has 1 unspecified atom stereocenters. The summed E-state index contributed by atoms with van der Waals surface area (Å²) in [5, 5.41) is 0. The molecule has 0 saturated carbocycles. The third kappa shape index (κ3) is 3.48. The van der Waals surface area contributed by atoms with Crippen molar-refractivity contribution in [3.05, 3.63) is 18.1 Å². The number of rotatable bonds is 2. The molecule has 7 heteroatoms. The van der Waals surface area contributed by atoms with Crippen LogP contribution >= 0.6 is 0 Å². The van der Waals surface area contributed by atoms with Crippen molar-refractivity contribution in [1.82, 2.24) is 19.8 Å². The topological polar surface area (TPSA) is 61.8 Å². The molecule has 0 aliphatic carbocycles. The molecule has 0 bridgehead atoms. The van der Waals surface area contributed by atoms with Gasteiger partial charge < -0.3 is 19.4 Å². The van der Waals surface area contributed by atoms with Crippen LogP contribution in [-0.4, -0.2) is 85.2 Å². The summed E-state index contributed by atoms with van der Waals surface area (Å²) in [6.45, 7) is 6.80. The molecule has 3 aliphatic heterocycles. The smallest absolute Gasteiger partial charge is 0.274 e. The van der Waals surface area contributed by atoms with Crippen molar-refractivity contribution >= 4 is 11.7 Å². The average molecular weight is 345 g/mol. The second-order valence-electron chi connectivity index (χ2n) is 7.68. The van der Waals surface area contributed by atoms with Crippen LogP contribution in [0.5, 0.6) is 0 Å². The highest BCUT2D eigenvalue weighted by atomic mass is 16.5. The molecular formula is C18H27N5O2. The van der Waals surface area contributed by atoms with Crippen LogP contribution in [0.4, 0.5) is 5.82 Å². The molecule has 1 atom stereocenters. The number of morpholine rings is 1. The predicted octanol–water partition coefficient (Wildman–Crippen LogP) is 0.871. The van der Waals surface area contributed by atoms with Crippen molar-refractivity contribution in [1.29, 1.82) is 0 Å². The number of hydrogen-bond donors (Lipinski definition) is 0. The van der Waals surface area contributed by atoms with E-state index in [4.69, 9.17) is 4.74 Å². The maximum Gasteiger partial charge on any atom is 0.274 e. The molecule has 3 saturated heterocycles. The van der Waals surface area contributed by atoms with E-state index in [1.165, 1.54) is 25.8 Å². The molecule has 1 spiro atoms. The Morgan fingerprint density at radius 2 is 1.96 bits per heavy atom. The van der Waals surface area contributed by atoms with Gasteiger partial charge in [0.25, 0.3) is 5.91 Å². The minimum atomic E-state index is -0.0371. The van der Waals surface area contributed by atoms with Crippen LogP contribution in [-0.2, 0) is 4.74 Å². The van der Waals surface area contributed by atoms with Gasteiger partial charge in [0.1, 0.15) is 11.5 Å². The number of hydrogen-bond acceptors (Lipinski definition) is 6. The van der Waals surface area contributed by atoms with Gasteiger partial charge in [0.05, 0.1) is 25.6 Å². The lowest BCUT2D eigenvalue weighted by Gasteiger charge is -2.41. The monoisotopic (exact) mass is 345 g/mol. The average Bonchev–Trinajstić information content (AvgIpc) is 3.01. The second kappa shape index (κ2) is 6.88. The van der Waals surface area contributed by atoms with Gasteiger partial charge in [-0.1, -0.05) is 0 Å². The number of piperidine rings is 1. The highest BCUT2D eigenvalue weighted by Gasteiger charge is 2.40. The molecule has 25 heavy (non-hydrogen) atoms. The lowest BCUT2D eigenvalue weighted by molar-refractivity contribution is 0.0298. The fourth-order valence-electron chi connectivity index (χ4n) is 4.43. The zero-order valence-electron chi connectivity index (χ0n) is 15.0. The Labute approximate surface area is 149 Å².